The van der Waals surface area contributed by atoms with E-state index in [1.165, 1.54) is 0 Å². The summed E-state index contributed by atoms with van der Waals surface area (Å²) >= 11 is 5.06. The molecule has 0 aliphatic heterocycles. The first-order chi connectivity index (χ1) is 8.36. The fraction of sp³-hybridized carbons (Fsp3) is 0.417. The van der Waals surface area contributed by atoms with Gasteiger partial charge in [-0.3, -0.25) is 4.79 Å². The summed E-state index contributed by atoms with van der Waals surface area (Å²) in [5.74, 6) is 0.216. The summed E-state index contributed by atoms with van der Waals surface area (Å²) in [6.45, 7) is 6.44. The van der Waals surface area contributed by atoms with Gasteiger partial charge >= 0.3 is 0 Å². The number of nitrogens with zero attached hydrogens (tertiary/aromatic N) is 2. The molecule has 4 N–H and O–H groups in total. The Morgan fingerprint density at radius 3 is 2.50 bits per heavy atom. The van der Waals surface area contributed by atoms with Crippen molar-refractivity contribution < 1.29 is 4.79 Å². The van der Waals surface area contributed by atoms with Gasteiger partial charge in [0.1, 0.15) is 10.8 Å². The Balaban J connectivity index is 3.35. The maximum absolute atomic E-state index is 11.1. The maximum Gasteiger partial charge on any atom is 0.236 e. The number of rotatable bonds is 5. The molecular weight excluding hydrogens is 248 g/mol. The Morgan fingerprint density at radius 1 is 1.44 bits per heavy atom. The summed E-state index contributed by atoms with van der Waals surface area (Å²) in [5, 5.41) is 0. The van der Waals surface area contributed by atoms with E-state index < -0.39 is 5.91 Å². The topological polar surface area (TPSA) is 85.2 Å². The van der Waals surface area contributed by atoms with E-state index in [1.807, 2.05) is 26.8 Å². The predicted octanol–water partition coefficient (Wildman–Crippen LogP) is 0.644. The molecule has 0 aliphatic carbocycles. The second-order valence-electron chi connectivity index (χ2n) is 4.12. The second-order valence-corrected chi connectivity index (χ2v) is 4.56. The van der Waals surface area contributed by atoms with Crippen molar-refractivity contribution in [3.05, 3.63) is 22.9 Å². The van der Waals surface area contributed by atoms with Gasteiger partial charge in [-0.15, -0.1) is 0 Å². The van der Waals surface area contributed by atoms with Crippen LogP contribution >= 0.6 is 12.2 Å². The van der Waals surface area contributed by atoms with Crippen LogP contribution in [0, 0.1) is 13.8 Å². The number of carbonyl (C=O) groups excluding carboxylic acids is 1. The highest BCUT2D eigenvalue weighted by Crippen LogP contribution is 2.22. The number of primary amides is 1. The molecule has 5 nitrogen and oxygen atoms in total. The van der Waals surface area contributed by atoms with Crippen molar-refractivity contribution in [3.8, 4) is 0 Å². The van der Waals surface area contributed by atoms with E-state index in [4.69, 9.17) is 23.7 Å². The van der Waals surface area contributed by atoms with Gasteiger partial charge in [0.15, 0.2) is 0 Å². The normalized spacial score (nSPS) is 10.2. The minimum Gasteiger partial charge on any atom is -0.389 e. The van der Waals surface area contributed by atoms with Gasteiger partial charge in [0, 0.05) is 12.2 Å². The summed E-state index contributed by atoms with van der Waals surface area (Å²) in [6.07, 6.45) is 0. The minimum absolute atomic E-state index is 0.0992. The number of aromatic nitrogens is 1. The zero-order valence-electron chi connectivity index (χ0n) is 10.9. The molecule has 0 saturated carbocycles. The molecule has 1 amide bonds. The Bertz CT molecular complexity index is 487. The van der Waals surface area contributed by atoms with Crippen LogP contribution in [-0.4, -0.2) is 29.0 Å². The summed E-state index contributed by atoms with van der Waals surface area (Å²) in [4.78, 5) is 17.6. The number of likely N-dealkylation sites (N-methyl/N-ethyl adjacent to an activating group) is 1. The summed E-state index contributed by atoms with van der Waals surface area (Å²) in [5.41, 5.74) is 13.5. The quantitative estimate of drug-likeness (QED) is 0.764. The highest BCUT2D eigenvalue weighted by atomic mass is 32.1. The first kappa shape index (κ1) is 14.4. The zero-order valence-corrected chi connectivity index (χ0v) is 11.7. The number of nitrogens with two attached hydrogens (primary N) is 2. The van der Waals surface area contributed by atoms with Gasteiger partial charge in [0.2, 0.25) is 5.91 Å². The largest absolute Gasteiger partial charge is 0.389 e. The first-order valence-electron chi connectivity index (χ1n) is 5.68. The van der Waals surface area contributed by atoms with Crippen LogP contribution in [0.25, 0.3) is 0 Å². The number of hydrogen-bond donors (Lipinski definition) is 2. The summed E-state index contributed by atoms with van der Waals surface area (Å²) in [6, 6.07) is 1.91. The van der Waals surface area contributed by atoms with Crippen LogP contribution in [0.2, 0.25) is 0 Å². The van der Waals surface area contributed by atoms with Gasteiger partial charge in [-0.2, -0.15) is 0 Å². The van der Waals surface area contributed by atoms with Gasteiger partial charge in [0.25, 0.3) is 0 Å². The monoisotopic (exact) mass is 266 g/mol. The van der Waals surface area contributed by atoms with Crippen LogP contribution in [0.1, 0.15) is 23.7 Å². The lowest BCUT2D eigenvalue weighted by atomic mass is 10.1. The number of amides is 1. The van der Waals surface area contributed by atoms with E-state index in [9.17, 15) is 4.79 Å². The first-order valence-corrected chi connectivity index (χ1v) is 6.09. The molecule has 0 saturated heterocycles. The van der Waals surface area contributed by atoms with Crippen molar-refractivity contribution in [3.63, 3.8) is 0 Å². The molecule has 1 aromatic heterocycles. The van der Waals surface area contributed by atoms with E-state index in [1.54, 1.807) is 4.90 Å². The minimum atomic E-state index is -0.410. The molecule has 0 bridgehead atoms. The Morgan fingerprint density at radius 2 is 2.06 bits per heavy atom. The number of carbonyl (C=O) groups is 1. The molecule has 0 aromatic carbocycles. The van der Waals surface area contributed by atoms with Crippen molar-refractivity contribution in [1.82, 2.24) is 4.98 Å². The molecule has 0 spiro atoms. The van der Waals surface area contributed by atoms with E-state index in [-0.39, 0.29) is 11.5 Å². The van der Waals surface area contributed by atoms with Crippen molar-refractivity contribution in [2.24, 2.45) is 11.5 Å². The third kappa shape index (κ3) is 3.16. The molecule has 98 valence electrons. The fourth-order valence-electron chi connectivity index (χ4n) is 1.87. The average molecular weight is 266 g/mol. The number of pyridine rings is 1. The lowest BCUT2D eigenvalue weighted by Crippen LogP contribution is -2.36. The Labute approximate surface area is 112 Å². The number of hydrogen-bond acceptors (Lipinski definition) is 4. The Kier molecular flexibility index (Phi) is 4.61. The third-order valence-electron chi connectivity index (χ3n) is 2.60. The van der Waals surface area contributed by atoms with E-state index >= 15 is 0 Å². The molecule has 0 radical (unpaired) electrons. The van der Waals surface area contributed by atoms with Gasteiger partial charge in [0.05, 0.1) is 12.1 Å². The van der Waals surface area contributed by atoms with Crippen molar-refractivity contribution in [2.45, 2.75) is 20.8 Å². The molecule has 0 unspecified atom stereocenters. The zero-order chi connectivity index (χ0) is 13.9. The molecule has 0 aliphatic rings. The average Bonchev–Trinajstić information content (AvgIpc) is 2.23. The van der Waals surface area contributed by atoms with E-state index in [2.05, 4.69) is 4.98 Å². The summed E-state index contributed by atoms with van der Waals surface area (Å²) < 4.78 is 0. The molecule has 18 heavy (non-hydrogen) atoms. The highest BCUT2D eigenvalue weighted by molar-refractivity contribution is 7.80. The van der Waals surface area contributed by atoms with E-state index in [0.29, 0.717) is 17.9 Å². The lowest BCUT2D eigenvalue weighted by molar-refractivity contribution is -0.116. The van der Waals surface area contributed by atoms with Gasteiger partial charge in [-0.05, 0) is 32.4 Å². The second kappa shape index (κ2) is 5.77. The summed E-state index contributed by atoms with van der Waals surface area (Å²) in [7, 11) is 0. The van der Waals surface area contributed by atoms with Crippen molar-refractivity contribution in [2.75, 3.05) is 18.0 Å². The van der Waals surface area contributed by atoms with Gasteiger partial charge in [-0.1, -0.05) is 12.2 Å². The maximum atomic E-state index is 11.1. The predicted molar refractivity (Wildman–Crippen MR) is 76.7 cm³/mol. The van der Waals surface area contributed by atoms with E-state index in [0.717, 1.165) is 11.3 Å². The van der Waals surface area contributed by atoms with Crippen LogP contribution < -0.4 is 16.4 Å². The molecule has 0 fully saturated rings. The molecular formula is C12H18N4OS. The van der Waals surface area contributed by atoms with Crippen molar-refractivity contribution in [1.29, 1.82) is 0 Å². The third-order valence-corrected chi connectivity index (χ3v) is 2.80. The van der Waals surface area contributed by atoms with Crippen LogP contribution in [0.15, 0.2) is 6.07 Å². The van der Waals surface area contributed by atoms with Crippen LogP contribution in [-0.2, 0) is 4.79 Å². The van der Waals surface area contributed by atoms with Gasteiger partial charge in [-0.25, -0.2) is 4.98 Å². The van der Waals surface area contributed by atoms with Crippen LogP contribution in [0.4, 0.5) is 5.82 Å². The molecule has 1 rings (SSSR count). The van der Waals surface area contributed by atoms with Crippen molar-refractivity contribution >= 4 is 28.9 Å². The smallest absolute Gasteiger partial charge is 0.236 e. The van der Waals surface area contributed by atoms with Gasteiger partial charge < -0.3 is 16.4 Å². The SMILES string of the molecule is CCN(CC(N)=O)c1nc(C)cc(C)c1C(N)=S. The number of thiocarbonyl (C=S) groups is 1. The lowest BCUT2D eigenvalue weighted by Gasteiger charge is -2.24. The highest BCUT2D eigenvalue weighted by Gasteiger charge is 2.17. The molecule has 0 atom stereocenters. The number of anilines is 1. The van der Waals surface area contributed by atoms with Crippen LogP contribution in [0.3, 0.4) is 0 Å². The standard InChI is InChI=1S/C12H18N4OS/c1-4-16(6-9(13)17)12-10(11(14)18)7(2)5-8(3)15-12/h5H,4,6H2,1-3H3,(H2,13,17)(H2,14,18). The fourth-order valence-corrected chi connectivity index (χ4v) is 2.13. The molecule has 1 aromatic rings. The number of aryl methyl sites for hydroxylation is 2. The van der Waals surface area contributed by atoms with Crippen LogP contribution in [0.5, 0.6) is 0 Å². The molecule has 6 heteroatoms. The Hall–Kier alpha value is -1.69. The molecule has 1 heterocycles.